The van der Waals surface area contributed by atoms with Gasteiger partial charge in [0.2, 0.25) is 5.95 Å². The van der Waals surface area contributed by atoms with Crippen molar-refractivity contribution in [3.05, 3.63) is 70.4 Å². The van der Waals surface area contributed by atoms with Crippen LogP contribution in [0.1, 0.15) is 6.92 Å². The fraction of sp³-hybridized carbons (Fsp3) is 0.217. The van der Waals surface area contributed by atoms with Crippen LogP contribution in [0.4, 0.5) is 5.95 Å². The van der Waals surface area contributed by atoms with Crippen LogP contribution in [0, 0.1) is 0 Å². The summed E-state index contributed by atoms with van der Waals surface area (Å²) in [6, 6.07) is 11.3. The highest BCUT2D eigenvalue weighted by Gasteiger charge is 2.15. The van der Waals surface area contributed by atoms with Gasteiger partial charge in [-0.05, 0) is 30.7 Å². The van der Waals surface area contributed by atoms with E-state index in [1.165, 1.54) is 0 Å². The summed E-state index contributed by atoms with van der Waals surface area (Å²) >= 11 is 6.61. The summed E-state index contributed by atoms with van der Waals surface area (Å²) in [4.78, 5) is 26.3. The van der Waals surface area contributed by atoms with Crippen LogP contribution < -0.4 is 10.9 Å². The minimum absolute atomic E-state index is 0.146. The number of ether oxygens (including phenoxy) is 1. The molecule has 0 aliphatic carbocycles. The number of methoxy groups -OCH3 is 1. The number of anilines is 1. The Hall–Kier alpha value is -3.29. The molecule has 1 N–H and O–H groups in total. The molecule has 4 rings (SSSR count). The maximum Gasteiger partial charge on any atom is 0.260 e. The number of aryl methyl sites for hydroxylation is 1. The van der Waals surface area contributed by atoms with Gasteiger partial charge >= 0.3 is 0 Å². The topological polar surface area (TPSA) is 81.9 Å². The molecule has 0 fully saturated rings. The zero-order valence-electron chi connectivity index (χ0n) is 17.3. The quantitative estimate of drug-likeness (QED) is 0.437. The Bertz CT molecular complexity index is 1270. The van der Waals surface area contributed by atoms with Gasteiger partial charge in [0.25, 0.3) is 5.56 Å². The first kappa shape index (κ1) is 21.0. The van der Waals surface area contributed by atoms with E-state index in [2.05, 4.69) is 20.3 Å². The Balaban J connectivity index is 1.78. The van der Waals surface area contributed by atoms with Crippen LogP contribution >= 0.6 is 11.6 Å². The van der Waals surface area contributed by atoms with Crippen molar-refractivity contribution in [2.45, 2.75) is 13.5 Å². The normalized spacial score (nSPS) is 11.1. The van der Waals surface area contributed by atoms with E-state index in [4.69, 9.17) is 16.3 Å². The highest BCUT2D eigenvalue weighted by atomic mass is 35.5. The van der Waals surface area contributed by atoms with E-state index in [1.807, 2.05) is 37.3 Å². The molecule has 7 nitrogen and oxygen atoms in total. The number of nitrogens with one attached hydrogen (secondary N) is 1. The summed E-state index contributed by atoms with van der Waals surface area (Å²) in [6.45, 7) is 3.50. The van der Waals surface area contributed by atoms with E-state index >= 15 is 0 Å². The Labute approximate surface area is 184 Å². The number of benzene rings is 1. The smallest absolute Gasteiger partial charge is 0.260 e. The molecule has 0 aliphatic rings. The Morgan fingerprint density at radius 3 is 2.71 bits per heavy atom. The average Bonchev–Trinajstić information content (AvgIpc) is 2.80. The predicted octanol–water partition coefficient (Wildman–Crippen LogP) is 4.25. The summed E-state index contributed by atoms with van der Waals surface area (Å²) in [5.74, 6) is 0.456. The molecule has 1 aromatic carbocycles. The van der Waals surface area contributed by atoms with Gasteiger partial charge < -0.3 is 10.1 Å². The lowest BCUT2D eigenvalue weighted by atomic mass is 10.0. The molecule has 3 heterocycles. The molecule has 0 saturated heterocycles. The molecule has 4 aromatic rings. The number of aromatic nitrogens is 4. The first-order chi connectivity index (χ1) is 15.1. The molecule has 0 spiro atoms. The average molecular weight is 436 g/mol. The van der Waals surface area contributed by atoms with Gasteiger partial charge in [-0.3, -0.25) is 14.3 Å². The molecule has 0 atom stereocenters. The lowest BCUT2D eigenvalue weighted by Crippen LogP contribution is -2.23. The molecule has 158 valence electrons. The van der Waals surface area contributed by atoms with Gasteiger partial charge in [-0.15, -0.1) is 0 Å². The fourth-order valence-electron chi connectivity index (χ4n) is 3.44. The number of halogens is 1. The second kappa shape index (κ2) is 9.24. The first-order valence-electron chi connectivity index (χ1n) is 9.96. The van der Waals surface area contributed by atoms with Crippen LogP contribution in [0.2, 0.25) is 5.02 Å². The van der Waals surface area contributed by atoms with E-state index in [1.54, 1.807) is 36.3 Å². The minimum atomic E-state index is -0.146. The zero-order chi connectivity index (χ0) is 21.8. The van der Waals surface area contributed by atoms with Crippen LogP contribution in [0.5, 0.6) is 0 Å². The Morgan fingerprint density at radius 2 is 2.00 bits per heavy atom. The van der Waals surface area contributed by atoms with Gasteiger partial charge in [-0.2, -0.15) is 4.98 Å². The van der Waals surface area contributed by atoms with E-state index in [0.717, 1.165) is 16.5 Å². The van der Waals surface area contributed by atoms with Crippen LogP contribution in [-0.2, 0) is 11.3 Å². The standard InChI is InChI=1S/C23H22ClN5O2/c1-3-29-21-17(14-27-23(28-21)26-9-10-31-2)11-19(22(29)30)18-7-6-15(12-20(18)24)16-5-4-8-25-13-16/h4-8,11-14H,3,9-10H2,1-2H3,(H,26,27,28). The molecule has 31 heavy (non-hydrogen) atoms. The molecule has 3 aromatic heterocycles. The second-order valence-corrected chi connectivity index (χ2v) is 7.34. The summed E-state index contributed by atoms with van der Waals surface area (Å²) < 4.78 is 6.68. The fourth-order valence-corrected chi connectivity index (χ4v) is 3.72. The molecule has 8 heteroatoms. The number of nitrogens with zero attached hydrogens (tertiary/aromatic N) is 4. The third-order valence-corrected chi connectivity index (χ3v) is 5.30. The summed E-state index contributed by atoms with van der Waals surface area (Å²) in [5, 5.41) is 4.36. The number of hydrogen-bond donors (Lipinski definition) is 1. The summed E-state index contributed by atoms with van der Waals surface area (Å²) in [5.41, 5.74) is 3.52. The Kier molecular flexibility index (Phi) is 6.25. The predicted molar refractivity (Wildman–Crippen MR) is 124 cm³/mol. The van der Waals surface area contributed by atoms with Gasteiger partial charge in [0.1, 0.15) is 5.65 Å². The SMILES string of the molecule is CCn1c(=O)c(-c2ccc(-c3cccnc3)cc2Cl)cc2cnc(NCCOC)nc21. The van der Waals surface area contributed by atoms with Gasteiger partial charge in [-0.25, -0.2) is 4.98 Å². The maximum atomic E-state index is 13.3. The van der Waals surface area contributed by atoms with Crippen LogP contribution in [0.3, 0.4) is 0 Å². The van der Waals surface area contributed by atoms with Gasteiger partial charge in [0.05, 0.1) is 6.61 Å². The van der Waals surface area contributed by atoms with Crippen molar-refractivity contribution in [1.82, 2.24) is 19.5 Å². The number of pyridine rings is 2. The molecule has 0 unspecified atom stereocenters. The summed E-state index contributed by atoms with van der Waals surface area (Å²) in [6.07, 6.45) is 5.22. The van der Waals surface area contributed by atoms with Crippen molar-refractivity contribution in [1.29, 1.82) is 0 Å². The van der Waals surface area contributed by atoms with Crippen molar-refractivity contribution in [3.63, 3.8) is 0 Å². The first-order valence-corrected chi connectivity index (χ1v) is 10.3. The number of hydrogen-bond acceptors (Lipinski definition) is 6. The molecular formula is C23H22ClN5O2. The highest BCUT2D eigenvalue weighted by Crippen LogP contribution is 2.31. The maximum absolute atomic E-state index is 13.3. The highest BCUT2D eigenvalue weighted by molar-refractivity contribution is 6.33. The van der Waals surface area contributed by atoms with Crippen molar-refractivity contribution < 1.29 is 4.74 Å². The molecule has 0 aliphatic heterocycles. The van der Waals surface area contributed by atoms with Crippen molar-refractivity contribution >= 4 is 28.6 Å². The van der Waals surface area contributed by atoms with E-state index in [-0.39, 0.29) is 5.56 Å². The van der Waals surface area contributed by atoms with Gasteiger partial charge in [0, 0.05) is 65.9 Å². The van der Waals surface area contributed by atoms with Gasteiger partial charge in [0.15, 0.2) is 0 Å². The third kappa shape index (κ3) is 4.28. The van der Waals surface area contributed by atoms with Crippen molar-refractivity contribution in [3.8, 4) is 22.3 Å². The Morgan fingerprint density at radius 1 is 1.13 bits per heavy atom. The summed E-state index contributed by atoms with van der Waals surface area (Å²) in [7, 11) is 1.63. The van der Waals surface area contributed by atoms with Crippen LogP contribution in [0.25, 0.3) is 33.3 Å². The van der Waals surface area contributed by atoms with Crippen LogP contribution in [-0.4, -0.2) is 39.8 Å². The zero-order valence-corrected chi connectivity index (χ0v) is 18.1. The monoisotopic (exact) mass is 435 g/mol. The largest absolute Gasteiger partial charge is 0.383 e. The van der Waals surface area contributed by atoms with E-state index in [9.17, 15) is 4.79 Å². The van der Waals surface area contributed by atoms with Crippen molar-refractivity contribution in [2.24, 2.45) is 0 Å². The second-order valence-electron chi connectivity index (χ2n) is 6.94. The molecular weight excluding hydrogens is 414 g/mol. The van der Waals surface area contributed by atoms with Gasteiger partial charge in [-0.1, -0.05) is 29.8 Å². The molecule has 0 radical (unpaired) electrons. The van der Waals surface area contributed by atoms with Crippen molar-refractivity contribution in [2.75, 3.05) is 25.6 Å². The van der Waals surface area contributed by atoms with E-state index in [0.29, 0.717) is 47.4 Å². The molecule has 0 amide bonds. The number of rotatable bonds is 7. The third-order valence-electron chi connectivity index (χ3n) is 4.99. The molecule has 0 bridgehead atoms. The van der Waals surface area contributed by atoms with E-state index < -0.39 is 0 Å². The molecule has 0 saturated carbocycles. The number of fused-ring (bicyclic) bond motifs is 1. The lowest BCUT2D eigenvalue weighted by molar-refractivity contribution is 0.210. The lowest BCUT2D eigenvalue weighted by Gasteiger charge is -2.13. The minimum Gasteiger partial charge on any atom is -0.383 e. The van der Waals surface area contributed by atoms with Crippen LogP contribution in [0.15, 0.2) is 59.8 Å².